The maximum Gasteiger partial charge on any atom is 0.0541 e. The maximum atomic E-state index is 3.53. The molecule has 2 nitrogen and oxygen atoms in total. The molecule has 0 radical (unpaired) electrons. The van der Waals surface area contributed by atoms with Gasteiger partial charge in [-0.25, -0.2) is 0 Å². The van der Waals surface area contributed by atoms with Gasteiger partial charge in [0.25, 0.3) is 0 Å². The SMILES string of the molecule is CCc1ccc2c(c1)c1cc(C(C)C)ccc1n2-c1ccc(-c2ccc3[nH]c4ccccc4c3c2)cc1. The van der Waals surface area contributed by atoms with Crippen LogP contribution in [0.3, 0.4) is 0 Å². The van der Waals surface area contributed by atoms with Gasteiger partial charge in [-0.3, -0.25) is 0 Å². The standard InChI is InChI=1S/C35H30N2/c1-4-23-9-17-34-30(19-23)31-20-25(22(2)3)13-18-35(31)37(34)27-14-10-24(11-15-27)26-12-16-33-29(21-26)28-7-5-6-8-32(28)36-33/h5-22,36H,4H2,1-3H3. The number of hydrogen-bond acceptors (Lipinski definition) is 0. The van der Waals surface area contributed by atoms with Crippen molar-refractivity contribution in [3.05, 3.63) is 114 Å². The zero-order valence-corrected chi connectivity index (χ0v) is 21.5. The Balaban J connectivity index is 1.37. The van der Waals surface area contributed by atoms with Gasteiger partial charge in [-0.05, 0) is 89.2 Å². The Morgan fingerprint density at radius 1 is 0.622 bits per heavy atom. The number of nitrogens with zero attached hydrogens (tertiary/aromatic N) is 1. The number of benzene rings is 5. The highest BCUT2D eigenvalue weighted by Crippen LogP contribution is 2.36. The van der Waals surface area contributed by atoms with Gasteiger partial charge in [0.15, 0.2) is 0 Å². The monoisotopic (exact) mass is 478 g/mol. The number of nitrogens with one attached hydrogen (secondary N) is 1. The van der Waals surface area contributed by atoms with Crippen molar-refractivity contribution in [2.24, 2.45) is 0 Å². The van der Waals surface area contributed by atoms with Crippen molar-refractivity contribution in [3.8, 4) is 16.8 Å². The third kappa shape index (κ3) is 3.48. The molecule has 180 valence electrons. The van der Waals surface area contributed by atoms with E-state index in [4.69, 9.17) is 0 Å². The summed E-state index contributed by atoms with van der Waals surface area (Å²) in [6, 6.07) is 38.2. The van der Waals surface area contributed by atoms with Gasteiger partial charge < -0.3 is 9.55 Å². The fourth-order valence-electron chi connectivity index (χ4n) is 5.78. The summed E-state index contributed by atoms with van der Waals surface area (Å²) in [4.78, 5) is 3.53. The highest BCUT2D eigenvalue weighted by molar-refractivity contribution is 6.10. The summed E-state index contributed by atoms with van der Waals surface area (Å²) in [7, 11) is 0. The molecule has 0 unspecified atom stereocenters. The first-order valence-electron chi connectivity index (χ1n) is 13.3. The van der Waals surface area contributed by atoms with Crippen LogP contribution in [0.15, 0.2) is 103 Å². The molecule has 0 aliphatic carbocycles. The number of H-pyrrole nitrogens is 1. The highest BCUT2D eigenvalue weighted by Gasteiger charge is 2.14. The van der Waals surface area contributed by atoms with E-state index < -0.39 is 0 Å². The molecule has 7 aromatic rings. The molecular weight excluding hydrogens is 448 g/mol. The summed E-state index contributed by atoms with van der Waals surface area (Å²) in [5.41, 5.74) is 11.3. The van der Waals surface area contributed by atoms with E-state index in [-0.39, 0.29) is 0 Å². The Morgan fingerprint density at radius 3 is 2.11 bits per heavy atom. The van der Waals surface area contributed by atoms with Gasteiger partial charge in [-0.15, -0.1) is 0 Å². The van der Waals surface area contributed by atoms with Crippen LogP contribution in [0.4, 0.5) is 0 Å². The van der Waals surface area contributed by atoms with Gasteiger partial charge in [0, 0.05) is 38.3 Å². The van der Waals surface area contributed by atoms with Gasteiger partial charge in [0.1, 0.15) is 0 Å². The first kappa shape index (κ1) is 21.9. The van der Waals surface area contributed by atoms with Crippen molar-refractivity contribution in [1.82, 2.24) is 9.55 Å². The molecule has 0 aliphatic rings. The summed E-state index contributed by atoms with van der Waals surface area (Å²) >= 11 is 0. The van der Waals surface area contributed by atoms with Crippen LogP contribution in [0, 0.1) is 0 Å². The molecule has 0 spiro atoms. The largest absolute Gasteiger partial charge is 0.355 e. The third-order valence-electron chi connectivity index (χ3n) is 7.89. The molecule has 1 N–H and O–H groups in total. The minimum Gasteiger partial charge on any atom is -0.355 e. The molecule has 0 aliphatic heterocycles. The molecule has 0 saturated heterocycles. The van der Waals surface area contributed by atoms with Gasteiger partial charge in [-0.1, -0.05) is 69.3 Å². The predicted molar refractivity (Wildman–Crippen MR) is 159 cm³/mol. The smallest absolute Gasteiger partial charge is 0.0541 e. The van der Waals surface area contributed by atoms with Gasteiger partial charge in [0.05, 0.1) is 11.0 Å². The minimum absolute atomic E-state index is 0.505. The second-order valence-corrected chi connectivity index (χ2v) is 10.4. The van der Waals surface area contributed by atoms with Crippen molar-refractivity contribution >= 4 is 43.6 Å². The Bertz CT molecular complexity index is 1930. The number of para-hydroxylation sites is 1. The lowest BCUT2D eigenvalue weighted by atomic mass is 10.00. The van der Waals surface area contributed by atoms with Crippen molar-refractivity contribution in [2.75, 3.05) is 0 Å². The van der Waals surface area contributed by atoms with Gasteiger partial charge in [-0.2, -0.15) is 0 Å². The molecule has 0 amide bonds. The number of aryl methyl sites for hydroxylation is 1. The molecule has 37 heavy (non-hydrogen) atoms. The number of hydrogen-bond donors (Lipinski definition) is 1. The first-order valence-corrected chi connectivity index (χ1v) is 13.3. The van der Waals surface area contributed by atoms with Crippen molar-refractivity contribution in [2.45, 2.75) is 33.1 Å². The molecule has 2 heteroatoms. The fourth-order valence-corrected chi connectivity index (χ4v) is 5.78. The molecule has 0 fully saturated rings. The van der Waals surface area contributed by atoms with E-state index in [1.54, 1.807) is 0 Å². The normalized spacial score (nSPS) is 12.0. The quantitative estimate of drug-likeness (QED) is 0.260. The molecule has 5 aromatic carbocycles. The van der Waals surface area contributed by atoms with E-state index in [0.29, 0.717) is 5.92 Å². The number of aromatic amines is 1. The topological polar surface area (TPSA) is 20.7 Å². The predicted octanol–water partition coefficient (Wildman–Crippen LogP) is 9.77. The van der Waals surface area contributed by atoms with E-state index in [2.05, 4.69) is 133 Å². The highest BCUT2D eigenvalue weighted by atomic mass is 15.0. The summed E-state index contributed by atoms with van der Waals surface area (Å²) in [6.45, 7) is 6.76. The van der Waals surface area contributed by atoms with Gasteiger partial charge >= 0.3 is 0 Å². The first-order chi connectivity index (χ1) is 18.1. The zero-order chi connectivity index (χ0) is 25.1. The van der Waals surface area contributed by atoms with Crippen LogP contribution in [0.5, 0.6) is 0 Å². The summed E-state index contributed by atoms with van der Waals surface area (Å²) in [5, 5.41) is 5.22. The lowest BCUT2D eigenvalue weighted by molar-refractivity contribution is 0.868. The van der Waals surface area contributed by atoms with Crippen molar-refractivity contribution in [1.29, 1.82) is 0 Å². The Morgan fingerprint density at radius 2 is 1.32 bits per heavy atom. The van der Waals surface area contributed by atoms with Crippen LogP contribution in [-0.4, -0.2) is 9.55 Å². The van der Waals surface area contributed by atoms with E-state index in [1.807, 2.05) is 0 Å². The van der Waals surface area contributed by atoms with Crippen molar-refractivity contribution < 1.29 is 0 Å². The van der Waals surface area contributed by atoms with Crippen LogP contribution in [0.25, 0.3) is 60.4 Å². The van der Waals surface area contributed by atoms with Gasteiger partial charge in [0.2, 0.25) is 0 Å². The molecule has 2 heterocycles. The Labute approximate surface area is 217 Å². The summed E-state index contributed by atoms with van der Waals surface area (Å²) < 4.78 is 2.42. The van der Waals surface area contributed by atoms with Crippen LogP contribution >= 0.6 is 0 Å². The molecule has 0 saturated carbocycles. The van der Waals surface area contributed by atoms with Crippen molar-refractivity contribution in [3.63, 3.8) is 0 Å². The lowest BCUT2D eigenvalue weighted by Gasteiger charge is -2.11. The Hall–Kier alpha value is -4.30. The van der Waals surface area contributed by atoms with E-state index in [9.17, 15) is 0 Å². The summed E-state index contributed by atoms with van der Waals surface area (Å²) in [5.74, 6) is 0.505. The summed E-state index contributed by atoms with van der Waals surface area (Å²) in [6.07, 6.45) is 1.04. The third-order valence-corrected chi connectivity index (χ3v) is 7.89. The second-order valence-electron chi connectivity index (χ2n) is 10.4. The number of rotatable bonds is 4. The minimum atomic E-state index is 0.505. The number of fused-ring (bicyclic) bond motifs is 6. The second kappa shape index (κ2) is 8.38. The maximum absolute atomic E-state index is 3.53. The molecule has 0 bridgehead atoms. The van der Waals surface area contributed by atoms with Crippen LogP contribution in [-0.2, 0) is 6.42 Å². The van der Waals surface area contributed by atoms with Crippen LogP contribution < -0.4 is 0 Å². The molecule has 2 aromatic heterocycles. The number of aromatic nitrogens is 2. The van der Waals surface area contributed by atoms with E-state index >= 15 is 0 Å². The average molecular weight is 479 g/mol. The Kier molecular flexibility index (Phi) is 4.97. The van der Waals surface area contributed by atoms with E-state index in [0.717, 1.165) is 6.42 Å². The average Bonchev–Trinajstić information content (AvgIpc) is 3.47. The lowest BCUT2D eigenvalue weighted by Crippen LogP contribution is -1.94. The van der Waals surface area contributed by atoms with Crippen LogP contribution in [0.2, 0.25) is 0 Å². The van der Waals surface area contributed by atoms with E-state index in [1.165, 1.54) is 71.6 Å². The molecule has 7 rings (SSSR count). The zero-order valence-electron chi connectivity index (χ0n) is 21.5. The fraction of sp³-hybridized carbons (Fsp3) is 0.143. The molecular formula is C35H30N2. The van der Waals surface area contributed by atoms with Crippen LogP contribution in [0.1, 0.15) is 37.8 Å². The molecule has 0 atom stereocenters.